The Balaban J connectivity index is 0.820. The number of rotatable bonds is 7. The van der Waals surface area contributed by atoms with Gasteiger partial charge in [0.05, 0.1) is 11.0 Å². The maximum Gasteiger partial charge on any atom is 0.143 e. The number of para-hydroxylation sites is 4. The largest absolute Gasteiger partial charge is 0.456 e. The van der Waals surface area contributed by atoms with Crippen LogP contribution >= 0.6 is 0 Å². The van der Waals surface area contributed by atoms with Gasteiger partial charge in [0, 0.05) is 65.7 Å². The molecule has 0 bridgehead atoms. The third kappa shape index (κ3) is 6.68. The van der Waals surface area contributed by atoms with Gasteiger partial charge >= 0.3 is 0 Å². The molecule has 3 heteroatoms. The highest BCUT2D eigenvalue weighted by atomic mass is 16.3. The van der Waals surface area contributed by atoms with Crippen LogP contribution in [-0.2, 0) is 22.7 Å². The van der Waals surface area contributed by atoms with Crippen LogP contribution in [0.2, 0.25) is 0 Å². The number of fused-ring (bicyclic) bond motifs is 20. The van der Waals surface area contributed by atoms with E-state index in [0.29, 0.717) is 0 Å². The third-order valence-corrected chi connectivity index (χ3v) is 20.3. The molecule has 0 amide bonds. The van der Waals surface area contributed by atoms with E-state index in [4.69, 9.17) is 8.83 Å². The number of hydrogen-bond donors (Lipinski definition) is 0. The Morgan fingerprint density at radius 2 is 0.964 bits per heavy atom. The van der Waals surface area contributed by atoms with Gasteiger partial charge in [-0.1, -0.05) is 187 Å². The monoisotopic (exact) mass is 1070 g/mol. The van der Waals surface area contributed by atoms with E-state index in [-0.39, 0.29) is 22.2 Å². The molecule has 0 fully saturated rings. The summed E-state index contributed by atoms with van der Waals surface area (Å²) in [7, 11) is 0. The van der Waals surface area contributed by atoms with Gasteiger partial charge in [-0.25, -0.2) is 0 Å². The summed E-state index contributed by atoms with van der Waals surface area (Å²) in [5, 5.41) is 7.38. The molecule has 3 aliphatic rings. The van der Waals surface area contributed by atoms with E-state index in [1.165, 1.54) is 155 Å². The number of furan rings is 2. The van der Waals surface area contributed by atoms with Gasteiger partial charge in [-0.2, -0.15) is 0 Å². The first-order chi connectivity index (χ1) is 40.2. The number of aryl methyl sites for hydroxylation is 3. The van der Waals surface area contributed by atoms with Gasteiger partial charge in [0.25, 0.3) is 0 Å². The maximum absolute atomic E-state index is 6.95. The number of nitrogens with zero attached hydrogens (tertiary/aromatic N) is 1. The number of hydrogen-bond acceptors (Lipinski definition) is 2. The van der Waals surface area contributed by atoms with E-state index in [9.17, 15) is 0 Å². The van der Waals surface area contributed by atoms with Gasteiger partial charge in [-0.05, 0) is 188 Å². The average molecular weight is 1070 g/mol. The fourth-order valence-corrected chi connectivity index (χ4v) is 16.0. The lowest BCUT2D eigenvalue weighted by molar-refractivity contribution is 0.646. The van der Waals surface area contributed by atoms with E-state index in [1.807, 2.05) is 0 Å². The topological polar surface area (TPSA) is 31.2 Å². The molecule has 400 valence electrons. The summed E-state index contributed by atoms with van der Waals surface area (Å²) in [6.45, 7) is 19.0. The van der Waals surface area contributed by atoms with Gasteiger partial charge in [-0.15, -0.1) is 0 Å². The molecule has 0 aliphatic heterocycles. The Labute approximate surface area is 484 Å². The Morgan fingerprint density at radius 1 is 0.386 bits per heavy atom. The predicted octanol–water partition coefficient (Wildman–Crippen LogP) is 21.5. The fraction of sp³-hybridized carbons (Fsp3) is 0.175. The van der Waals surface area contributed by atoms with Crippen molar-refractivity contribution >= 4 is 65.7 Å². The highest BCUT2D eigenvalue weighted by Gasteiger charge is 2.44. The molecule has 0 N–H and O–H groups in total. The van der Waals surface area contributed by atoms with Crippen LogP contribution < -0.4 is 0 Å². The van der Waals surface area contributed by atoms with Crippen LogP contribution in [0.4, 0.5) is 0 Å². The lowest BCUT2D eigenvalue weighted by Crippen LogP contribution is -2.17. The molecule has 0 saturated heterocycles. The summed E-state index contributed by atoms with van der Waals surface area (Å²) in [6.07, 6.45) is 1.87. The summed E-state index contributed by atoms with van der Waals surface area (Å²) < 4.78 is 15.9. The standard InChI is InChI=1S/C80H63NO2/c1-45-26-31-51(46(2)38-45)60-43-67-73(76-57-22-14-17-25-71(57)83-77(60)76)55-34-30-49(41-64(55)80(67,7)8)52(32-27-47-28-36-69-59(39-47)54-20-12-15-23-68(54)81(69)50-18-10-9-11-19-50)48-29-33-53-58-42-66-61(44-65(58)79(5,6)63(53)40-48)74-62(78(66,3)4)35-37-72-75(74)56-21-13-16-24-70(56)82-72/h9-26,28-31,33-44,52H,27,32H2,1-8H3. The first kappa shape index (κ1) is 48.5. The Kier molecular flexibility index (Phi) is 9.91. The molecule has 1 atom stereocenters. The smallest absolute Gasteiger partial charge is 0.143 e. The summed E-state index contributed by atoms with van der Waals surface area (Å²) in [5.41, 5.74) is 32.0. The van der Waals surface area contributed by atoms with Gasteiger partial charge in [0.1, 0.15) is 22.3 Å². The molecule has 83 heavy (non-hydrogen) atoms. The lowest BCUT2D eigenvalue weighted by atomic mass is 9.77. The van der Waals surface area contributed by atoms with Crippen LogP contribution in [0, 0.1) is 13.8 Å². The zero-order valence-corrected chi connectivity index (χ0v) is 48.4. The highest BCUT2D eigenvalue weighted by Crippen LogP contribution is 2.60. The van der Waals surface area contributed by atoms with Crippen molar-refractivity contribution in [2.75, 3.05) is 0 Å². The normalized spacial score (nSPS) is 15.3. The lowest BCUT2D eigenvalue weighted by Gasteiger charge is -2.26. The van der Waals surface area contributed by atoms with Crippen LogP contribution in [0.1, 0.15) is 115 Å². The van der Waals surface area contributed by atoms with Crippen LogP contribution in [0.3, 0.4) is 0 Å². The molecule has 3 aliphatic carbocycles. The van der Waals surface area contributed by atoms with Crippen molar-refractivity contribution in [1.29, 1.82) is 0 Å². The molecule has 1 unspecified atom stereocenters. The van der Waals surface area contributed by atoms with Crippen LogP contribution in [-0.4, -0.2) is 4.57 Å². The summed E-state index contributed by atoms with van der Waals surface area (Å²) in [5.74, 6) is 0.116. The minimum Gasteiger partial charge on any atom is -0.456 e. The second-order valence-corrected chi connectivity index (χ2v) is 26.0. The van der Waals surface area contributed by atoms with E-state index in [1.54, 1.807) is 0 Å². The average Bonchev–Trinajstić information content (AvgIpc) is 3.48. The van der Waals surface area contributed by atoms with Crippen molar-refractivity contribution in [2.24, 2.45) is 0 Å². The molecule has 0 saturated carbocycles. The van der Waals surface area contributed by atoms with Crippen LogP contribution in [0.5, 0.6) is 0 Å². The fourth-order valence-electron chi connectivity index (χ4n) is 16.0. The van der Waals surface area contributed by atoms with Crippen LogP contribution in [0.25, 0.3) is 116 Å². The molecule has 0 radical (unpaired) electrons. The van der Waals surface area contributed by atoms with Gasteiger partial charge in [0.2, 0.25) is 0 Å². The molecule has 0 spiro atoms. The first-order valence-electron chi connectivity index (χ1n) is 29.8. The third-order valence-electron chi connectivity index (χ3n) is 20.3. The van der Waals surface area contributed by atoms with E-state index >= 15 is 0 Å². The van der Waals surface area contributed by atoms with Crippen molar-refractivity contribution in [3.63, 3.8) is 0 Å². The zero-order valence-electron chi connectivity index (χ0n) is 48.4. The van der Waals surface area contributed by atoms with Crippen molar-refractivity contribution < 1.29 is 8.83 Å². The van der Waals surface area contributed by atoms with E-state index in [2.05, 4.69) is 266 Å². The molecule has 3 aromatic heterocycles. The second kappa shape index (κ2) is 17.0. The minimum absolute atomic E-state index is 0.116. The zero-order chi connectivity index (χ0) is 56.0. The molecular weight excluding hydrogens is 1010 g/mol. The Bertz CT molecular complexity index is 5150. The Morgan fingerprint density at radius 3 is 1.73 bits per heavy atom. The first-order valence-corrected chi connectivity index (χ1v) is 29.8. The number of aromatic nitrogens is 1. The molecule has 3 heterocycles. The highest BCUT2D eigenvalue weighted by molar-refractivity contribution is 6.19. The SMILES string of the molecule is Cc1ccc(-c2cc3c(c4c2oc2ccccc24)-c2ccc(C(CCc4ccc5c(c4)c4ccccc4n5-c4ccccc4)c4ccc5c(c4)C(C)(C)c4cc6c(cc4-5)C(C)(C)c4ccc5oc7ccccc7c5c4-6)cc2C3(C)C)c(C)c1. The maximum atomic E-state index is 6.95. The van der Waals surface area contributed by atoms with E-state index in [0.717, 1.165) is 35.2 Å². The molecular formula is C80H63NO2. The van der Waals surface area contributed by atoms with E-state index < -0.39 is 0 Å². The molecule has 17 rings (SSSR count). The Hall–Kier alpha value is -9.18. The van der Waals surface area contributed by atoms with Gasteiger partial charge in [-0.3, -0.25) is 0 Å². The van der Waals surface area contributed by atoms with Crippen molar-refractivity contribution in [3.8, 4) is 50.2 Å². The van der Waals surface area contributed by atoms with Crippen molar-refractivity contribution in [3.05, 3.63) is 267 Å². The summed E-state index contributed by atoms with van der Waals surface area (Å²) >= 11 is 0. The summed E-state index contributed by atoms with van der Waals surface area (Å²) in [6, 6.07) is 78.1. The molecule has 11 aromatic carbocycles. The summed E-state index contributed by atoms with van der Waals surface area (Å²) in [4.78, 5) is 0. The van der Waals surface area contributed by atoms with Crippen LogP contribution in [0.15, 0.2) is 215 Å². The molecule has 14 aromatic rings. The van der Waals surface area contributed by atoms with Gasteiger partial charge in [0.15, 0.2) is 0 Å². The molecule has 3 nitrogen and oxygen atoms in total. The number of benzene rings is 11. The minimum atomic E-state index is -0.286. The van der Waals surface area contributed by atoms with Crippen molar-refractivity contribution in [2.45, 2.75) is 90.4 Å². The second-order valence-electron chi connectivity index (χ2n) is 26.0. The van der Waals surface area contributed by atoms with Crippen molar-refractivity contribution in [1.82, 2.24) is 4.57 Å². The van der Waals surface area contributed by atoms with Gasteiger partial charge < -0.3 is 13.4 Å². The quantitative estimate of drug-likeness (QED) is 0.159. The predicted molar refractivity (Wildman–Crippen MR) is 346 cm³/mol.